The van der Waals surface area contributed by atoms with E-state index in [1.807, 2.05) is 12.1 Å². The number of hydrogen-bond acceptors (Lipinski definition) is 10. The normalized spacial score (nSPS) is 15.2. The van der Waals surface area contributed by atoms with Crippen molar-refractivity contribution in [3.05, 3.63) is 29.3 Å². The van der Waals surface area contributed by atoms with Crippen molar-refractivity contribution in [3.8, 4) is 5.75 Å². The first-order valence-corrected chi connectivity index (χ1v) is 9.78. The zero-order valence-electron chi connectivity index (χ0n) is 14.9. The molecule has 0 heterocycles. The summed E-state index contributed by atoms with van der Waals surface area (Å²) in [6.45, 7) is -0.418. The summed E-state index contributed by atoms with van der Waals surface area (Å²) in [5, 5.41) is 56.0. The third-order valence-electron chi connectivity index (χ3n) is 4.06. The molecule has 0 spiro atoms. The lowest BCUT2D eigenvalue weighted by Crippen LogP contribution is -2.47. The molecule has 27 heavy (non-hydrogen) atoms. The third kappa shape index (κ3) is 8.55. The number of nitrogens with zero attached hydrogens (tertiary/aromatic N) is 1. The van der Waals surface area contributed by atoms with Crippen molar-refractivity contribution >= 4 is 25.3 Å². The molecule has 6 N–H and O–H groups in total. The summed E-state index contributed by atoms with van der Waals surface area (Å²) in [6.07, 6.45) is -5.98. The van der Waals surface area contributed by atoms with Gasteiger partial charge >= 0.3 is 0 Å². The Morgan fingerprint density at radius 1 is 0.889 bits per heavy atom. The minimum atomic E-state index is -1.93. The number of hydrogen-bond donors (Lipinski definition) is 8. The van der Waals surface area contributed by atoms with E-state index in [9.17, 15) is 15.3 Å². The minimum absolute atomic E-state index is 0.0879. The number of thiol groups is 2. The Bertz CT molecular complexity index is 550. The monoisotopic (exact) mass is 423 g/mol. The van der Waals surface area contributed by atoms with Gasteiger partial charge in [0.05, 0.1) is 12.7 Å². The lowest BCUT2D eigenvalue weighted by Gasteiger charge is -2.29. The summed E-state index contributed by atoms with van der Waals surface area (Å²) < 4.78 is 5.69. The number of aliphatic hydroxyl groups is 6. The van der Waals surface area contributed by atoms with Gasteiger partial charge in [-0.15, -0.1) is 0 Å². The maximum atomic E-state index is 9.87. The van der Waals surface area contributed by atoms with Crippen LogP contribution in [0.2, 0.25) is 0 Å². The van der Waals surface area contributed by atoms with Crippen LogP contribution in [-0.4, -0.2) is 93.0 Å². The summed E-state index contributed by atoms with van der Waals surface area (Å²) in [6, 6.07) is 5.57. The highest BCUT2D eigenvalue weighted by Crippen LogP contribution is 2.21. The lowest BCUT2D eigenvalue weighted by molar-refractivity contribution is -0.132. The SMILES string of the molecule is OC[C@@H](O)[C@@H](O)CN(CCOc1ccc(CS)c(CS)c1)C[C@H](O)C(O)O. The predicted octanol–water partition coefficient (Wildman–Crippen LogP) is -1.39. The van der Waals surface area contributed by atoms with Crippen LogP contribution in [0.25, 0.3) is 0 Å². The van der Waals surface area contributed by atoms with Crippen molar-refractivity contribution in [1.29, 1.82) is 0 Å². The van der Waals surface area contributed by atoms with Gasteiger partial charge < -0.3 is 35.4 Å². The zero-order chi connectivity index (χ0) is 20.4. The summed E-state index contributed by atoms with van der Waals surface area (Å²) in [5.74, 6) is 1.77. The molecule has 0 aliphatic rings. The quantitative estimate of drug-likeness (QED) is 0.144. The molecule has 0 fully saturated rings. The molecule has 0 bridgehead atoms. The fourth-order valence-corrected chi connectivity index (χ4v) is 3.01. The van der Waals surface area contributed by atoms with E-state index in [0.717, 1.165) is 11.1 Å². The molecule has 0 radical (unpaired) electrons. The second-order valence-electron chi connectivity index (χ2n) is 6.15. The van der Waals surface area contributed by atoms with Gasteiger partial charge in [0.2, 0.25) is 0 Å². The molecule has 0 aliphatic carbocycles. The Labute approximate surface area is 169 Å². The highest BCUT2D eigenvalue weighted by molar-refractivity contribution is 7.79. The molecule has 0 saturated carbocycles. The Hall–Kier alpha value is -0.560. The largest absolute Gasteiger partial charge is 0.492 e. The summed E-state index contributed by atoms with van der Waals surface area (Å²) in [4.78, 5) is 1.51. The van der Waals surface area contributed by atoms with Crippen molar-refractivity contribution in [3.63, 3.8) is 0 Å². The van der Waals surface area contributed by atoms with Gasteiger partial charge in [-0.05, 0) is 23.3 Å². The molecule has 8 nitrogen and oxygen atoms in total. The predicted molar refractivity (Wildman–Crippen MR) is 107 cm³/mol. The Morgan fingerprint density at radius 2 is 1.52 bits per heavy atom. The van der Waals surface area contributed by atoms with Gasteiger partial charge in [-0.2, -0.15) is 25.3 Å². The first kappa shape index (κ1) is 24.5. The van der Waals surface area contributed by atoms with Crippen LogP contribution < -0.4 is 4.74 Å². The van der Waals surface area contributed by atoms with Crippen molar-refractivity contribution in [2.45, 2.75) is 36.1 Å². The number of rotatable bonds is 13. The van der Waals surface area contributed by atoms with Crippen molar-refractivity contribution in [2.75, 3.05) is 32.8 Å². The number of benzene rings is 1. The van der Waals surface area contributed by atoms with Crippen LogP contribution in [0.5, 0.6) is 5.75 Å². The van der Waals surface area contributed by atoms with Gasteiger partial charge in [-0.1, -0.05) is 6.07 Å². The minimum Gasteiger partial charge on any atom is -0.492 e. The average molecular weight is 424 g/mol. The number of ether oxygens (including phenoxy) is 1. The first-order chi connectivity index (χ1) is 12.8. The second kappa shape index (κ2) is 12.8. The Kier molecular flexibility index (Phi) is 11.6. The van der Waals surface area contributed by atoms with Gasteiger partial charge in [0, 0.05) is 31.1 Å². The average Bonchev–Trinajstić information content (AvgIpc) is 2.66. The van der Waals surface area contributed by atoms with Crippen LogP contribution >= 0.6 is 25.3 Å². The molecule has 156 valence electrons. The number of aliphatic hydroxyl groups excluding tert-OH is 5. The van der Waals surface area contributed by atoms with E-state index in [4.69, 9.17) is 20.1 Å². The molecule has 0 saturated heterocycles. The van der Waals surface area contributed by atoms with E-state index in [-0.39, 0.29) is 26.2 Å². The van der Waals surface area contributed by atoms with Gasteiger partial charge in [0.1, 0.15) is 24.6 Å². The summed E-state index contributed by atoms with van der Waals surface area (Å²) in [7, 11) is 0. The fourth-order valence-electron chi connectivity index (χ4n) is 2.41. The first-order valence-electron chi connectivity index (χ1n) is 8.52. The van der Waals surface area contributed by atoms with Crippen LogP contribution in [0, 0.1) is 0 Å². The second-order valence-corrected chi connectivity index (χ2v) is 6.79. The van der Waals surface area contributed by atoms with E-state index < -0.39 is 31.2 Å². The molecule has 1 aromatic rings. The molecule has 0 aromatic heterocycles. The van der Waals surface area contributed by atoms with E-state index in [2.05, 4.69) is 25.3 Å². The molecular formula is C17H29NO7S2. The van der Waals surface area contributed by atoms with Crippen LogP contribution in [0.3, 0.4) is 0 Å². The highest BCUT2D eigenvalue weighted by atomic mass is 32.1. The van der Waals surface area contributed by atoms with Crippen molar-refractivity contribution in [1.82, 2.24) is 4.90 Å². The molecule has 1 aromatic carbocycles. The topological polar surface area (TPSA) is 134 Å². The molecule has 0 amide bonds. The fraction of sp³-hybridized carbons (Fsp3) is 0.647. The summed E-state index contributed by atoms with van der Waals surface area (Å²) >= 11 is 8.54. The van der Waals surface area contributed by atoms with Crippen molar-refractivity contribution in [2.24, 2.45) is 0 Å². The van der Waals surface area contributed by atoms with E-state index in [1.54, 1.807) is 6.07 Å². The van der Waals surface area contributed by atoms with Gasteiger partial charge in [0.15, 0.2) is 6.29 Å². The van der Waals surface area contributed by atoms with Crippen molar-refractivity contribution < 1.29 is 35.4 Å². The molecule has 0 unspecified atom stereocenters. The molecular weight excluding hydrogens is 394 g/mol. The van der Waals surface area contributed by atoms with Crippen LogP contribution in [-0.2, 0) is 11.5 Å². The molecule has 3 atom stereocenters. The van der Waals surface area contributed by atoms with Gasteiger partial charge in [0.25, 0.3) is 0 Å². The standard InChI is InChI=1S/C17H29NO7S2/c19-8-16(22)14(20)6-18(7-15(21)17(23)24)3-4-25-13-2-1-11(9-26)12(5-13)10-27/h1-2,5,14-17,19-24,26-27H,3-4,6-10H2/t14-,15-,16+/m0/s1. The Balaban J connectivity index is 2.66. The molecule has 0 aliphatic heterocycles. The summed E-state index contributed by atoms with van der Waals surface area (Å²) in [5.41, 5.74) is 2.06. The molecule has 1 rings (SSSR count). The molecule has 10 heteroatoms. The maximum absolute atomic E-state index is 9.87. The van der Waals surface area contributed by atoms with Crippen LogP contribution in [0.1, 0.15) is 11.1 Å². The Morgan fingerprint density at radius 3 is 2.07 bits per heavy atom. The third-order valence-corrected chi connectivity index (χ3v) is 4.74. The van der Waals surface area contributed by atoms with Gasteiger partial charge in [-0.3, -0.25) is 4.90 Å². The maximum Gasteiger partial charge on any atom is 0.179 e. The van der Waals surface area contributed by atoms with Crippen LogP contribution in [0.15, 0.2) is 18.2 Å². The highest BCUT2D eigenvalue weighted by Gasteiger charge is 2.23. The van der Waals surface area contributed by atoms with E-state index in [1.165, 1.54) is 4.90 Å². The van der Waals surface area contributed by atoms with E-state index in [0.29, 0.717) is 17.3 Å². The zero-order valence-corrected chi connectivity index (χ0v) is 16.7. The lowest BCUT2D eigenvalue weighted by atomic mass is 10.1. The van der Waals surface area contributed by atoms with Gasteiger partial charge in [-0.25, -0.2) is 0 Å². The van der Waals surface area contributed by atoms with E-state index >= 15 is 0 Å². The van der Waals surface area contributed by atoms with Crippen LogP contribution in [0.4, 0.5) is 0 Å². The smallest absolute Gasteiger partial charge is 0.179 e.